The number of nitrogens with two attached hydrogens (primary N) is 1. The van der Waals surface area contributed by atoms with Gasteiger partial charge in [0.05, 0.1) is 6.10 Å². The van der Waals surface area contributed by atoms with Gasteiger partial charge in [-0.25, -0.2) is 0 Å². The highest BCUT2D eigenvalue weighted by molar-refractivity contribution is 5.78. The highest BCUT2D eigenvalue weighted by atomic mass is 16.4. The maximum atomic E-state index is 10.9. The van der Waals surface area contributed by atoms with Crippen LogP contribution < -0.4 is 5.73 Å². The fraction of sp³-hybridized carbons (Fsp3) is 0.300. The first-order valence-corrected chi connectivity index (χ1v) is 4.81. The zero-order chi connectivity index (χ0) is 12.9. The van der Waals surface area contributed by atoms with E-state index in [4.69, 9.17) is 16.4 Å². The molecule has 1 unspecified atom stereocenters. The predicted octanol–water partition coefficient (Wildman–Crippen LogP) is 1.16. The summed E-state index contributed by atoms with van der Waals surface area (Å²) in [5, 5.41) is 21.7. The number of azide groups is 1. The highest BCUT2D eigenvalue weighted by Crippen LogP contribution is 2.23. The Balaban J connectivity index is 2.89. The molecule has 7 nitrogen and oxygen atoms in total. The van der Waals surface area contributed by atoms with E-state index in [1.54, 1.807) is 30.3 Å². The lowest BCUT2D eigenvalue weighted by molar-refractivity contribution is -0.144. The van der Waals surface area contributed by atoms with Crippen molar-refractivity contribution in [3.8, 4) is 0 Å². The van der Waals surface area contributed by atoms with Crippen LogP contribution in [-0.4, -0.2) is 21.8 Å². The molecule has 0 amide bonds. The summed E-state index contributed by atoms with van der Waals surface area (Å²) >= 11 is 0. The van der Waals surface area contributed by atoms with Gasteiger partial charge >= 0.3 is 5.97 Å². The average Bonchev–Trinajstić information content (AvgIpc) is 2.30. The summed E-state index contributed by atoms with van der Waals surface area (Å²) in [6, 6.07) is 8.42. The Bertz CT molecular complexity index is 440. The maximum absolute atomic E-state index is 10.9. The molecule has 2 atom stereocenters. The Kier molecular flexibility index (Phi) is 4.06. The SMILES string of the molecule is [N-]=[N+]=N[C@](N)(CC(O)c1ccccc1)C(=O)O. The first kappa shape index (κ1) is 13.0. The summed E-state index contributed by atoms with van der Waals surface area (Å²) in [5.41, 5.74) is 12.0. The van der Waals surface area contributed by atoms with Crippen LogP contribution >= 0.6 is 0 Å². The van der Waals surface area contributed by atoms with Crippen molar-refractivity contribution in [3.05, 3.63) is 46.3 Å². The maximum Gasteiger partial charge on any atom is 0.329 e. The first-order chi connectivity index (χ1) is 7.99. The molecule has 0 fully saturated rings. The summed E-state index contributed by atoms with van der Waals surface area (Å²) < 4.78 is 0. The van der Waals surface area contributed by atoms with E-state index in [1.807, 2.05) is 0 Å². The van der Waals surface area contributed by atoms with E-state index in [0.717, 1.165) is 0 Å². The molecule has 0 heterocycles. The van der Waals surface area contributed by atoms with Crippen LogP contribution in [0.25, 0.3) is 10.4 Å². The zero-order valence-electron chi connectivity index (χ0n) is 8.89. The third kappa shape index (κ3) is 3.18. The van der Waals surface area contributed by atoms with Crippen LogP contribution in [0.4, 0.5) is 0 Å². The van der Waals surface area contributed by atoms with E-state index in [-0.39, 0.29) is 0 Å². The van der Waals surface area contributed by atoms with E-state index in [1.165, 1.54) is 0 Å². The van der Waals surface area contributed by atoms with Crippen molar-refractivity contribution in [2.24, 2.45) is 10.8 Å². The number of aliphatic hydroxyl groups is 1. The van der Waals surface area contributed by atoms with Gasteiger partial charge in [-0.2, -0.15) is 0 Å². The van der Waals surface area contributed by atoms with Gasteiger partial charge in [0.1, 0.15) is 0 Å². The van der Waals surface area contributed by atoms with E-state index < -0.39 is 24.2 Å². The van der Waals surface area contributed by atoms with Crippen LogP contribution in [0.15, 0.2) is 35.4 Å². The normalized spacial score (nSPS) is 15.4. The molecule has 1 rings (SSSR count). The number of carboxylic acids is 1. The van der Waals surface area contributed by atoms with Crippen LogP contribution in [0.3, 0.4) is 0 Å². The number of rotatable bonds is 5. The summed E-state index contributed by atoms with van der Waals surface area (Å²) in [6.07, 6.45) is -1.50. The monoisotopic (exact) mass is 236 g/mol. The molecule has 4 N–H and O–H groups in total. The second-order valence-electron chi connectivity index (χ2n) is 3.55. The molecule has 0 spiro atoms. The molecule has 0 aromatic heterocycles. The molecule has 7 heteroatoms. The second kappa shape index (κ2) is 5.31. The molecule has 0 saturated carbocycles. The Morgan fingerprint density at radius 1 is 1.53 bits per heavy atom. The molecular formula is C10H12N4O3. The lowest BCUT2D eigenvalue weighted by Gasteiger charge is -2.22. The first-order valence-electron chi connectivity index (χ1n) is 4.81. The second-order valence-corrected chi connectivity index (χ2v) is 3.55. The summed E-state index contributed by atoms with van der Waals surface area (Å²) in [7, 11) is 0. The number of carbonyl (C=O) groups is 1. The van der Waals surface area contributed by atoms with Crippen LogP contribution in [-0.2, 0) is 4.79 Å². The van der Waals surface area contributed by atoms with E-state index in [0.29, 0.717) is 5.56 Å². The quantitative estimate of drug-likeness (QED) is 0.402. The predicted molar refractivity (Wildman–Crippen MR) is 59.7 cm³/mol. The van der Waals surface area contributed by atoms with Crippen molar-refractivity contribution in [2.75, 3.05) is 0 Å². The van der Waals surface area contributed by atoms with Crippen molar-refractivity contribution in [3.63, 3.8) is 0 Å². The van der Waals surface area contributed by atoms with Crippen LogP contribution in [0.2, 0.25) is 0 Å². The Morgan fingerprint density at radius 3 is 2.59 bits per heavy atom. The van der Waals surface area contributed by atoms with Gasteiger partial charge in [-0.05, 0) is 11.1 Å². The molecule has 0 aliphatic carbocycles. The molecule has 0 saturated heterocycles. The van der Waals surface area contributed by atoms with Gasteiger partial charge in [-0.15, -0.1) is 0 Å². The standard InChI is InChI=1S/C10H12N4O3/c11-10(9(16)17,13-14-12)6-8(15)7-4-2-1-3-5-7/h1-5,8,15H,6,11H2,(H,16,17)/t8?,10-/m1/s1. The molecule has 0 aliphatic heterocycles. The van der Waals surface area contributed by atoms with Gasteiger partial charge < -0.3 is 15.9 Å². The minimum atomic E-state index is -2.15. The molecule has 0 bridgehead atoms. The van der Waals surface area contributed by atoms with Gasteiger partial charge in [0, 0.05) is 11.3 Å². The lowest BCUT2D eigenvalue weighted by atomic mass is 9.98. The van der Waals surface area contributed by atoms with Crippen molar-refractivity contribution < 1.29 is 15.0 Å². The topological polar surface area (TPSA) is 132 Å². The fourth-order valence-corrected chi connectivity index (χ4v) is 1.34. The number of hydrogen-bond acceptors (Lipinski definition) is 4. The van der Waals surface area contributed by atoms with E-state index in [2.05, 4.69) is 10.0 Å². The lowest BCUT2D eigenvalue weighted by Crippen LogP contribution is -2.46. The van der Waals surface area contributed by atoms with Gasteiger partial charge in [-0.1, -0.05) is 35.4 Å². The van der Waals surface area contributed by atoms with Gasteiger partial charge in [0.2, 0.25) is 0 Å². The highest BCUT2D eigenvalue weighted by Gasteiger charge is 2.35. The van der Waals surface area contributed by atoms with E-state index >= 15 is 0 Å². The van der Waals surface area contributed by atoms with Crippen molar-refractivity contribution >= 4 is 5.97 Å². The van der Waals surface area contributed by atoms with E-state index in [9.17, 15) is 9.90 Å². The molecule has 1 aromatic carbocycles. The van der Waals surface area contributed by atoms with Gasteiger partial charge in [-0.3, -0.25) is 4.79 Å². The van der Waals surface area contributed by atoms with Crippen molar-refractivity contribution in [2.45, 2.75) is 18.2 Å². The Morgan fingerprint density at radius 2 is 2.12 bits per heavy atom. The molecule has 17 heavy (non-hydrogen) atoms. The Hall–Kier alpha value is -2.08. The molecular weight excluding hydrogens is 224 g/mol. The van der Waals surface area contributed by atoms with Crippen molar-refractivity contribution in [1.82, 2.24) is 0 Å². The van der Waals surface area contributed by atoms with Crippen LogP contribution in [0.5, 0.6) is 0 Å². The molecule has 90 valence electrons. The van der Waals surface area contributed by atoms with Gasteiger partial charge in [0.25, 0.3) is 0 Å². The average molecular weight is 236 g/mol. The third-order valence-electron chi connectivity index (χ3n) is 2.28. The van der Waals surface area contributed by atoms with Crippen molar-refractivity contribution in [1.29, 1.82) is 0 Å². The number of carboxylic acid groups (broad SMARTS) is 1. The molecule has 0 aliphatic rings. The number of aliphatic carboxylic acids is 1. The smallest absolute Gasteiger partial charge is 0.329 e. The van der Waals surface area contributed by atoms with Crippen LogP contribution in [0.1, 0.15) is 18.1 Å². The number of benzene rings is 1. The number of aliphatic hydroxyl groups excluding tert-OH is 1. The number of nitrogens with zero attached hydrogens (tertiary/aromatic N) is 3. The minimum absolute atomic E-state index is 0.392. The minimum Gasteiger partial charge on any atom is -0.480 e. The summed E-state index contributed by atoms with van der Waals surface area (Å²) in [5.74, 6) is -1.48. The van der Waals surface area contributed by atoms with Crippen LogP contribution in [0, 0.1) is 0 Å². The van der Waals surface area contributed by atoms with Gasteiger partial charge in [0.15, 0.2) is 5.66 Å². The summed E-state index contributed by atoms with van der Waals surface area (Å²) in [6.45, 7) is 0. The Labute approximate surface area is 97.1 Å². The number of hydrogen-bond donors (Lipinski definition) is 3. The zero-order valence-corrected chi connectivity index (χ0v) is 8.89. The fourth-order valence-electron chi connectivity index (χ4n) is 1.34. The largest absolute Gasteiger partial charge is 0.480 e. The summed E-state index contributed by atoms with van der Waals surface area (Å²) in [4.78, 5) is 13.3. The third-order valence-corrected chi connectivity index (χ3v) is 2.28. The molecule has 0 radical (unpaired) electrons. The molecule has 1 aromatic rings.